The highest BCUT2D eigenvalue weighted by Gasteiger charge is 2.33. The summed E-state index contributed by atoms with van der Waals surface area (Å²) in [5.41, 5.74) is -0.459. The van der Waals surface area contributed by atoms with E-state index in [-0.39, 0.29) is 54.0 Å². The molecule has 0 saturated carbocycles. The number of benzene rings is 1. The van der Waals surface area contributed by atoms with Gasteiger partial charge in [0.25, 0.3) is 5.91 Å². The highest BCUT2D eigenvalue weighted by molar-refractivity contribution is 5.97. The molecule has 13 heteroatoms. The number of phenolic OH excluding ortho intramolecular Hbond substituents is 1. The van der Waals surface area contributed by atoms with Gasteiger partial charge in [-0.1, -0.05) is 27.7 Å². The Morgan fingerprint density at radius 1 is 0.980 bits per heavy atom. The number of morpholine rings is 1. The summed E-state index contributed by atoms with van der Waals surface area (Å²) in [5.74, 6) is -0.882. The molecule has 50 heavy (non-hydrogen) atoms. The van der Waals surface area contributed by atoms with E-state index < -0.39 is 29.8 Å². The van der Waals surface area contributed by atoms with Crippen LogP contribution in [-0.2, 0) is 19.0 Å². The Balaban J connectivity index is 2.15. The van der Waals surface area contributed by atoms with Gasteiger partial charge in [-0.25, -0.2) is 4.79 Å². The zero-order valence-corrected chi connectivity index (χ0v) is 31.6. The largest absolute Gasteiger partial charge is 0.508 e. The smallest absolute Gasteiger partial charge is 0.407 e. The molecule has 1 saturated heterocycles. The van der Waals surface area contributed by atoms with E-state index in [1.54, 1.807) is 27.9 Å². The summed E-state index contributed by atoms with van der Waals surface area (Å²) in [5, 5.41) is 30.6. The number of rotatable bonds is 21. The maximum Gasteiger partial charge on any atom is 0.407 e. The van der Waals surface area contributed by atoms with Crippen LogP contribution in [-0.4, -0.2) is 117 Å². The molecule has 5 N–H and O–H groups in total. The molecule has 1 fully saturated rings. The van der Waals surface area contributed by atoms with Gasteiger partial charge < -0.3 is 45.1 Å². The van der Waals surface area contributed by atoms with Crippen LogP contribution in [0.15, 0.2) is 18.2 Å². The number of unbranched alkanes of at least 4 members (excludes halogenated alkanes) is 1. The molecular formula is C37H64N4O9. The Bertz CT molecular complexity index is 1170. The monoisotopic (exact) mass is 708 g/mol. The van der Waals surface area contributed by atoms with E-state index in [4.69, 9.17) is 18.9 Å². The number of aliphatic hydroxyl groups excluding tert-OH is 1. The molecule has 3 amide bonds. The number of nitrogens with one attached hydrogen (secondary N) is 3. The first kappa shape index (κ1) is 43.0. The molecule has 0 aliphatic carbocycles. The molecular weight excluding hydrogens is 644 g/mol. The predicted molar refractivity (Wildman–Crippen MR) is 192 cm³/mol. The van der Waals surface area contributed by atoms with Crippen LogP contribution in [0.25, 0.3) is 0 Å². The van der Waals surface area contributed by atoms with Gasteiger partial charge in [-0.2, -0.15) is 0 Å². The van der Waals surface area contributed by atoms with Gasteiger partial charge in [0, 0.05) is 58.4 Å². The minimum absolute atomic E-state index is 0.0102. The third-order valence-corrected chi connectivity index (χ3v) is 8.87. The summed E-state index contributed by atoms with van der Waals surface area (Å²) in [6.45, 7) is 18.7. The van der Waals surface area contributed by atoms with Crippen LogP contribution in [0.4, 0.5) is 4.79 Å². The maximum atomic E-state index is 13.4. The summed E-state index contributed by atoms with van der Waals surface area (Å²) < 4.78 is 21.9. The highest BCUT2D eigenvalue weighted by Crippen LogP contribution is 2.27. The molecule has 13 nitrogen and oxygen atoms in total. The molecule has 0 bridgehead atoms. The molecule has 286 valence electrons. The number of nitrogens with zero attached hydrogens (tertiary/aromatic N) is 1. The zero-order valence-electron chi connectivity index (χ0n) is 31.6. The average Bonchev–Trinajstić information content (AvgIpc) is 3.04. The number of ether oxygens (including phenoxy) is 4. The van der Waals surface area contributed by atoms with Crippen molar-refractivity contribution in [3.8, 4) is 11.5 Å². The molecule has 0 aromatic heterocycles. The van der Waals surface area contributed by atoms with Gasteiger partial charge in [0.1, 0.15) is 17.1 Å². The van der Waals surface area contributed by atoms with E-state index >= 15 is 0 Å². The van der Waals surface area contributed by atoms with E-state index in [2.05, 4.69) is 20.9 Å². The van der Waals surface area contributed by atoms with Crippen molar-refractivity contribution in [2.24, 2.45) is 23.7 Å². The Hall–Kier alpha value is -3.13. The lowest BCUT2D eigenvalue weighted by Crippen LogP contribution is -2.49. The first-order valence-electron chi connectivity index (χ1n) is 18.1. The van der Waals surface area contributed by atoms with E-state index in [9.17, 15) is 24.6 Å². The first-order chi connectivity index (χ1) is 23.6. The lowest BCUT2D eigenvalue weighted by atomic mass is 9.82. The summed E-state index contributed by atoms with van der Waals surface area (Å²) in [4.78, 5) is 42.0. The maximum absolute atomic E-state index is 13.4. The third kappa shape index (κ3) is 16.3. The normalized spacial score (nSPS) is 16.4. The molecule has 1 aliphatic rings. The molecule has 1 heterocycles. The van der Waals surface area contributed by atoms with Gasteiger partial charge in [0.05, 0.1) is 37.5 Å². The fraction of sp³-hybridized carbons (Fsp3) is 0.757. The SMILES string of the molecule is COCCCCOc1cc(O)ccc1C(=O)NC[C@@H](C[C@H](NC(=O)OC(C)(C)C)[C@@H](O)C[C@H](C(=O)NCCN1CCOCC1)C(C)C)C(C)C. The number of methoxy groups -OCH3 is 1. The van der Waals surface area contributed by atoms with Gasteiger partial charge in [-0.3, -0.25) is 14.5 Å². The van der Waals surface area contributed by atoms with Gasteiger partial charge in [-0.15, -0.1) is 0 Å². The van der Waals surface area contributed by atoms with Crippen molar-refractivity contribution < 1.29 is 43.5 Å². The third-order valence-electron chi connectivity index (χ3n) is 8.87. The second-order valence-electron chi connectivity index (χ2n) is 14.8. The van der Waals surface area contributed by atoms with Crippen LogP contribution in [0.1, 0.15) is 84.5 Å². The number of carbonyl (C=O) groups excluding carboxylic acids is 3. The van der Waals surface area contributed by atoms with Crippen molar-refractivity contribution >= 4 is 17.9 Å². The number of hydrogen-bond donors (Lipinski definition) is 5. The standard InChI is InChI=1S/C37H64N4O9/c1-25(2)27(24-39-34(44)29-12-11-28(42)22-33(29)49-18-10-9-17-47-8)21-31(40-36(46)50-37(5,6)7)32(43)23-30(26(3)4)35(45)38-13-14-41-15-19-48-20-16-41/h11-12,22,25-27,30-32,42-43H,9-10,13-21,23-24H2,1-8H3,(H,38,45)(H,39,44)(H,40,46)/t27-,30+,31+,32+/m1/s1. The van der Waals surface area contributed by atoms with Crippen LogP contribution in [0.3, 0.4) is 0 Å². The Morgan fingerprint density at radius 3 is 2.28 bits per heavy atom. The van der Waals surface area contributed by atoms with Crippen LogP contribution in [0.2, 0.25) is 0 Å². The Kier molecular flexibility index (Phi) is 18.9. The molecule has 0 spiro atoms. The minimum atomic E-state index is -1.06. The van der Waals surface area contributed by atoms with E-state index in [1.165, 1.54) is 18.2 Å². The second kappa shape index (κ2) is 21.9. The van der Waals surface area contributed by atoms with Crippen LogP contribution in [0.5, 0.6) is 11.5 Å². The topological polar surface area (TPSA) is 168 Å². The molecule has 1 aromatic carbocycles. The average molecular weight is 709 g/mol. The molecule has 1 aliphatic heterocycles. The summed E-state index contributed by atoms with van der Waals surface area (Å²) in [6.07, 6.45) is 0.252. The van der Waals surface area contributed by atoms with Gasteiger partial charge in [0.2, 0.25) is 5.91 Å². The van der Waals surface area contributed by atoms with Crippen molar-refractivity contribution in [1.82, 2.24) is 20.9 Å². The number of phenols is 1. The molecule has 1 aromatic rings. The van der Waals surface area contributed by atoms with E-state index in [0.717, 1.165) is 32.5 Å². The molecule has 0 radical (unpaired) electrons. The van der Waals surface area contributed by atoms with E-state index in [1.807, 2.05) is 27.7 Å². The fourth-order valence-electron chi connectivity index (χ4n) is 5.76. The van der Waals surface area contributed by atoms with Gasteiger partial charge in [-0.05, 0) is 76.3 Å². The Morgan fingerprint density at radius 2 is 1.66 bits per heavy atom. The quantitative estimate of drug-likeness (QED) is 0.118. The number of aliphatic hydroxyl groups is 1. The van der Waals surface area contributed by atoms with Crippen molar-refractivity contribution in [2.45, 2.75) is 91.9 Å². The number of amides is 3. The molecule has 2 rings (SSSR count). The van der Waals surface area contributed by atoms with Crippen LogP contribution in [0, 0.1) is 23.7 Å². The van der Waals surface area contributed by atoms with Crippen molar-refractivity contribution in [1.29, 1.82) is 0 Å². The molecule has 0 unspecified atom stereocenters. The zero-order chi connectivity index (χ0) is 37.3. The number of carbonyl (C=O) groups is 3. The van der Waals surface area contributed by atoms with Crippen LogP contribution >= 0.6 is 0 Å². The van der Waals surface area contributed by atoms with Crippen LogP contribution < -0.4 is 20.7 Å². The summed E-state index contributed by atoms with van der Waals surface area (Å²) in [6, 6.07) is 3.63. The van der Waals surface area contributed by atoms with E-state index in [0.29, 0.717) is 45.0 Å². The fourth-order valence-corrected chi connectivity index (χ4v) is 5.76. The van der Waals surface area contributed by atoms with Crippen molar-refractivity contribution in [3.05, 3.63) is 23.8 Å². The van der Waals surface area contributed by atoms with Gasteiger partial charge >= 0.3 is 6.09 Å². The minimum Gasteiger partial charge on any atom is -0.508 e. The Labute approximate surface area is 299 Å². The van der Waals surface area contributed by atoms with Crippen molar-refractivity contribution in [3.63, 3.8) is 0 Å². The number of aromatic hydroxyl groups is 1. The lowest BCUT2D eigenvalue weighted by molar-refractivity contribution is -0.127. The lowest BCUT2D eigenvalue weighted by Gasteiger charge is -2.33. The van der Waals surface area contributed by atoms with Crippen molar-refractivity contribution in [2.75, 3.05) is 66.3 Å². The number of alkyl carbamates (subject to hydrolysis) is 1. The predicted octanol–water partition coefficient (Wildman–Crippen LogP) is 3.95. The second-order valence-corrected chi connectivity index (χ2v) is 14.8. The molecule has 4 atom stereocenters. The summed E-state index contributed by atoms with van der Waals surface area (Å²) in [7, 11) is 1.63. The number of hydrogen-bond acceptors (Lipinski definition) is 10. The highest BCUT2D eigenvalue weighted by atomic mass is 16.6. The first-order valence-corrected chi connectivity index (χ1v) is 18.1. The summed E-state index contributed by atoms with van der Waals surface area (Å²) >= 11 is 0. The van der Waals surface area contributed by atoms with Gasteiger partial charge in [0.15, 0.2) is 0 Å².